The minimum atomic E-state index is -0.424. The van der Waals surface area contributed by atoms with Crippen molar-refractivity contribution < 1.29 is 9.18 Å². The van der Waals surface area contributed by atoms with Gasteiger partial charge in [-0.1, -0.05) is 30.3 Å². The maximum atomic E-state index is 14.3. The zero-order valence-corrected chi connectivity index (χ0v) is 28.4. The number of aromatic nitrogens is 6. The fourth-order valence-corrected chi connectivity index (χ4v) is 7.42. The lowest BCUT2D eigenvalue weighted by molar-refractivity contribution is 0.0956. The van der Waals surface area contributed by atoms with Crippen LogP contribution in [0.1, 0.15) is 21.5 Å². The Kier molecular flexibility index (Phi) is 7.76. The molecule has 1 fully saturated rings. The number of carbonyl (C=O) groups excluding carboxylic acids is 1. The van der Waals surface area contributed by atoms with Crippen LogP contribution >= 0.6 is 0 Å². The Morgan fingerprint density at radius 2 is 1.73 bits per heavy atom. The zero-order valence-electron chi connectivity index (χ0n) is 28.4. The predicted octanol–water partition coefficient (Wildman–Crippen LogP) is 5.15. The second-order valence-electron chi connectivity index (χ2n) is 13.3. The van der Waals surface area contributed by atoms with E-state index in [0.29, 0.717) is 46.8 Å². The summed E-state index contributed by atoms with van der Waals surface area (Å²) in [4.78, 5) is 47.1. The number of benzene rings is 3. The molecule has 0 saturated carbocycles. The maximum Gasteiger partial charge on any atom is 0.277 e. The summed E-state index contributed by atoms with van der Waals surface area (Å²) >= 11 is 0. The van der Waals surface area contributed by atoms with Crippen LogP contribution in [0.5, 0.6) is 0 Å². The van der Waals surface area contributed by atoms with Crippen LogP contribution < -0.4 is 21.1 Å². The van der Waals surface area contributed by atoms with Crippen LogP contribution in [0.25, 0.3) is 39.0 Å². The van der Waals surface area contributed by atoms with Gasteiger partial charge in [-0.15, -0.1) is 0 Å². The second kappa shape index (κ2) is 12.8. The van der Waals surface area contributed by atoms with Crippen LogP contribution in [-0.2, 0) is 20.0 Å². The molecule has 3 N–H and O–H groups in total. The van der Waals surface area contributed by atoms with Gasteiger partial charge in [-0.2, -0.15) is 4.98 Å². The molecule has 2 aliphatic heterocycles. The Balaban J connectivity index is 0.838. The first-order valence-electron chi connectivity index (χ1n) is 17.3. The number of piperazine rings is 1. The molecule has 52 heavy (non-hydrogen) atoms. The molecule has 12 nitrogen and oxygen atoms in total. The normalized spacial score (nSPS) is 14.9. The highest BCUT2D eigenvalue weighted by atomic mass is 19.1. The molecule has 0 bridgehead atoms. The Hall–Kier alpha value is -6.34. The fraction of sp³-hybridized carbons (Fsp3) is 0.205. The van der Waals surface area contributed by atoms with Crippen molar-refractivity contribution in [2.24, 2.45) is 7.05 Å². The van der Waals surface area contributed by atoms with Gasteiger partial charge in [-0.3, -0.25) is 14.5 Å². The zero-order chi connectivity index (χ0) is 35.3. The van der Waals surface area contributed by atoms with Crippen molar-refractivity contribution in [3.8, 4) is 17.1 Å². The number of aromatic amines is 1. The van der Waals surface area contributed by atoms with E-state index in [1.807, 2.05) is 30.3 Å². The first kappa shape index (κ1) is 31.6. The fourth-order valence-electron chi connectivity index (χ4n) is 7.42. The molecule has 1 saturated heterocycles. The summed E-state index contributed by atoms with van der Waals surface area (Å²) in [5.74, 6) is 0.332. The van der Waals surface area contributed by atoms with Gasteiger partial charge in [0.25, 0.3) is 11.5 Å². The minimum absolute atomic E-state index is 0.188. The number of anilines is 3. The minimum Gasteiger partial charge on any atom is -0.369 e. The molecule has 2 aliphatic rings. The van der Waals surface area contributed by atoms with Crippen molar-refractivity contribution in [2.45, 2.75) is 13.0 Å². The van der Waals surface area contributed by atoms with E-state index in [1.54, 1.807) is 24.1 Å². The largest absolute Gasteiger partial charge is 0.369 e. The lowest BCUT2D eigenvalue weighted by Crippen LogP contribution is -2.45. The monoisotopic (exact) mass is 694 g/mol. The molecule has 7 aromatic rings. The summed E-state index contributed by atoms with van der Waals surface area (Å²) in [6.45, 7) is 5.06. The summed E-state index contributed by atoms with van der Waals surface area (Å²) < 4.78 is 17.5. The van der Waals surface area contributed by atoms with E-state index in [0.717, 1.165) is 66.3 Å². The van der Waals surface area contributed by atoms with Crippen molar-refractivity contribution in [1.29, 1.82) is 0 Å². The Labute approximate surface area is 297 Å². The third-order valence-electron chi connectivity index (χ3n) is 10.0. The number of pyridine rings is 1. The Morgan fingerprint density at radius 3 is 2.50 bits per heavy atom. The third kappa shape index (κ3) is 5.64. The Morgan fingerprint density at radius 1 is 0.923 bits per heavy atom. The summed E-state index contributed by atoms with van der Waals surface area (Å²) in [7, 11) is 1.69. The van der Waals surface area contributed by atoms with Gasteiger partial charge in [0, 0.05) is 86.7 Å². The van der Waals surface area contributed by atoms with Gasteiger partial charge in [-0.05, 0) is 71.6 Å². The summed E-state index contributed by atoms with van der Waals surface area (Å²) in [5.41, 5.74) is 7.57. The van der Waals surface area contributed by atoms with E-state index in [-0.39, 0.29) is 11.5 Å². The van der Waals surface area contributed by atoms with E-state index in [4.69, 9.17) is 0 Å². The molecule has 0 radical (unpaired) electrons. The summed E-state index contributed by atoms with van der Waals surface area (Å²) in [6.07, 6.45) is 3.91. The highest BCUT2D eigenvalue weighted by Gasteiger charge is 2.24. The van der Waals surface area contributed by atoms with Crippen LogP contribution in [-0.4, -0.2) is 72.8 Å². The quantitative estimate of drug-likeness (QED) is 0.209. The average Bonchev–Trinajstić information content (AvgIpc) is 3.58. The van der Waals surface area contributed by atoms with Crippen LogP contribution in [0.15, 0.2) is 96.1 Å². The predicted molar refractivity (Wildman–Crippen MR) is 199 cm³/mol. The number of fused-ring (bicyclic) bond motifs is 1. The van der Waals surface area contributed by atoms with E-state index in [1.165, 1.54) is 22.4 Å². The molecule has 3 aromatic carbocycles. The van der Waals surface area contributed by atoms with Gasteiger partial charge in [-0.25, -0.2) is 23.7 Å². The van der Waals surface area contributed by atoms with Crippen molar-refractivity contribution >= 4 is 45.2 Å². The van der Waals surface area contributed by atoms with E-state index >= 15 is 0 Å². The van der Waals surface area contributed by atoms with E-state index in [9.17, 15) is 14.0 Å². The van der Waals surface area contributed by atoms with Gasteiger partial charge < -0.3 is 20.5 Å². The van der Waals surface area contributed by atoms with Gasteiger partial charge in [0.15, 0.2) is 11.5 Å². The molecule has 0 unspecified atom stereocenters. The number of H-pyrrole nitrogens is 1. The second-order valence-corrected chi connectivity index (χ2v) is 13.3. The number of amides is 1. The smallest absolute Gasteiger partial charge is 0.277 e. The molecule has 13 heteroatoms. The van der Waals surface area contributed by atoms with Crippen molar-refractivity contribution in [1.82, 2.24) is 39.5 Å². The van der Waals surface area contributed by atoms with Crippen LogP contribution in [0, 0.1) is 5.82 Å². The number of nitrogens with zero attached hydrogens (tertiary/aromatic N) is 7. The number of carbonyl (C=O) groups is 1. The van der Waals surface area contributed by atoms with Crippen LogP contribution in [0.4, 0.5) is 21.7 Å². The maximum absolute atomic E-state index is 14.3. The molecule has 1 amide bonds. The number of nitrogens with one attached hydrogen (secondary N) is 3. The van der Waals surface area contributed by atoms with Gasteiger partial charge in [0.05, 0.1) is 5.56 Å². The highest BCUT2D eigenvalue weighted by Crippen LogP contribution is 2.35. The first-order chi connectivity index (χ1) is 25.4. The van der Waals surface area contributed by atoms with E-state index < -0.39 is 5.82 Å². The number of hydrogen-bond acceptors (Lipinski definition) is 8. The Bertz CT molecular complexity index is 2520. The molecule has 6 heterocycles. The van der Waals surface area contributed by atoms with Gasteiger partial charge in [0.1, 0.15) is 11.2 Å². The number of rotatable bonds is 7. The molecule has 4 aromatic heterocycles. The molecule has 0 aliphatic carbocycles. The molecule has 260 valence electrons. The third-order valence-corrected chi connectivity index (χ3v) is 10.0. The van der Waals surface area contributed by atoms with Crippen LogP contribution in [0.2, 0.25) is 0 Å². The van der Waals surface area contributed by atoms with E-state index in [2.05, 4.69) is 76.8 Å². The molecular formula is C39H35FN10O2. The van der Waals surface area contributed by atoms with Crippen molar-refractivity contribution in [2.75, 3.05) is 42.9 Å². The average molecular weight is 695 g/mol. The lowest BCUT2D eigenvalue weighted by Gasteiger charge is -2.36. The number of hydrogen-bond donors (Lipinski definition) is 3. The molecule has 0 spiro atoms. The van der Waals surface area contributed by atoms with Crippen molar-refractivity contribution in [3.05, 3.63) is 124 Å². The summed E-state index contributed by atoms with van der Waals surface area (Å²) in [6, 6.07) is 25.1. The van der Waals surface area contributed by atoms with Crippen molar-refractivity contribution in [3.63, 3.8) is 0 Å². The van der Waals surface area contributed by atoms with Gasteiger partial charge in [0.2, 0.25) is 5.95 Å². The number of halogens is 1. The molecule has 0 atom stereocenters. The topological polar surface area (TPSA) is 129 Å². The SMILES string of the molecule is Cn1c(=O)c2cnc(Nc3ccc(N4CCN(Cc5ccc(-c6[nH]c7cc(F)cc8c7c6CCNC8=O)cc5)CC4)cc3)nc2n1-c1ccccn1. The molecular weight excluding hydrogens is 659 g/mol. The van der Waals surface area contributed by atoms with Crippen LogP contribution in [0.3, 0.4) is 0 Å². The lowest BCUT2D eigenvalue weighted by atomic mass is 9.99. The molecule has 9 rings (SSSR count). The highest BCUT2D eigenvalue weighted by molar-refractivity contribution is 6.10. The first-order valence-corrected chi connectivity index (χ1v) is 17.3. The summed E-state index contributed by atoms with van der Waals surface area (Å²) in [5, 5.41) is 7.40. The van der Waals surface area contributed by atoms with Gasteiger partial charge >= 0.3 is 0 Å². The standard InChI is InChI=1S/C39H35FN10O2/c1-47-38(52)31-22-43-39(46-36(31)50(47)33-4-2-3-14-41-33)44-27-9-11-28(12-10-27)49-18-16-48(17-19-49)23-24-5-7-25(8-6-24)35-29-13-15-42-37(51)30-20-26(40)21-32(45-35)34(29)30/h2-12,14,20-22,45H,13,15-19,23H2,1H3,(H,42,51)(H,43,44,46).